The van der Waals surface area contributed by atoms with E-state index >= 15 is 0 Å². The standard InChI is InChI=1S/C12H19N3/c1-10-7-11(4-6-14-10)8-15-12-3-2-5-13-9-12/h4,6-7,12-13,15H,2-3,5,8-9H2,1H3/t12-/m0/s1. The van der Waals surface area contributed by atoms with Crippen LogP contribution in [0.5, 0.6) is 0 Å². The maximum absolute atomic E-state index is 4.19. The SMILES string of the molecule is Cc1cc(CN[C@H]2CCCNC2)ccn1. The third-order valence-corrected chi connectivity index (χ3v) is 2.85. The Kier molecular flexibility index (Phi) is 3.69. The summed E-state index contributed by atoms with van der Waals surface area (Å²) in [7, 11) is 0. The van der Waals surface area contributed by atoms with Gasteiger partial charge in [-0.1, -0.05) is 0 Å². The first-order valence-corrected chi connectivity index (χ1v) is 5.70. The highest BCUT2D eigenvalue weighted by atomic mass is 15.0. The molecule has 82 valence electrons. The number of nitrogens with one attached hydrogen (secondary N) is 2. The summed E-state index contributed by atoms with van der Waals surface area (Å²) < 4.78 is 0. The van der Waals surface area contributed by atoms with Gasteiger partial charge in [-0.05, 0) is 44.0 Å². The van der Waals surface area contributed by atoms with Crippen molar-refractivity contribution in [2.24, 2.45) is 0 Å². The Morgan fingerprint density at radius 2 is 2.53 bits per heavy atom. The van der Waals surface area contributed by atoms with E-state index in [4.69, 9.17) is 0 Å². The highest BCUT2D eigenvalue weighted by Gasteiger charge is 2.11. The van der Waals surface area contributed by atoms with E-state index in [0.717, 1.165) is 18.8 Å². The lowest BCUT2D eigenvalue weighted by Gasteiger charge is -2.23. The molecule has 0 aliphatic carbocycles. The van der Waals surface area contributed by atoms with Crippen LogP contribution in [-0.2, 0) is 6.54 Å². The molecule has 0 saturated carbocycles. The zero-order valence-electron chi connectivity index (χ0n) is 9.29. The molecule has 1 fully saturated rings. The molecule has 0 unspecified atom stereocenters. The first-order valence-electron chi connectivity index (χ1n) is 5.70. The fraction of sp³-hybridized carbons (Fsp3) is 0.583. The normalized spacial score (nSPS) is 21.5. The van der Waals surface area contributed by atoms with Crippen LogP contribution >= 0.6 is 0 Å². The Bertz CT molecular complexity index is 305. The third-order valence-electron chi connectivity index (χ3n) is 2.85. The zero-order valence-corrected chi connectivity index (χ0v) is 9.29. The van der Waals surface area contributed by atoms with E-state index in [1.54, 1.807) is 0 Å². The summed E-state index contributed by atoms with van der Waals surface area (Å²) in [5, 5.41) is 6.98. The Hall–Kier alpha value is -0.930. The van der Waals surface area contributed by atoms with Gasteiger partial charge in [0.1, 0.15) is 0 Å². The molecule has 2 N–H and O–H groups in total. The monoisotopic (exact) mass is 205 g/mol. The molecule has 0 bridgehead atoms. The minimum Gasteiger partial charge on any atom is -0.315 e. The molecule has 2 rings (SSSR count). The van der Waals surface area contributed by atoms with Gasteiger partial charge in [0.05, 0.1) is 0 Å². The van der Waals surface area contributed by atoms with E-state index in [2.05, 4.69) is 27.8 Å². The zero-order chi connectivity index (χ0) is 10.5. The second-order valence-corrected chi connectivity index (χ2v) is 4.23. The number of pyridine rings is 1. The predicted octanol–water partition coefficient (Wildman–Crippen LogP) is 1.23. The van der Waals surface area contributed by atoms with Gasteiger partial charge in [-0.25, -0.2) is 0 Å². The van der Waals surface area contributed by atoms with Crippen molar-refractivity contribution in [2.75, 3.05) is 13.1 Å². The Morgan fingerprint density at radius 3 is 3.27 bits per heavy atom. The molecule has 0 aromatic carbocycles. The van der Waals surface area contributed by atoms with E-state index in [9.17, 15) is 0 Å². The first-order chi connectivity index (χ1) is 7.34. The van der Waals surface area contributed by atoms with Crippen molar-refractivity contribution in [3.63, 3.8) is 0 Å². The highest BCUT2D eigenvalue weighted by molar-refractivity contribution is 5.15. The molecular weight excluding hydrogens is 186 g/mol. The minimum atomic E-state index is 0.632. The lowest BCUT2D eigenvalue weighted by molar-refractivity contribution is 0.389. The lowest BCUT2D eigenvalue weighted by Crippen LogP contribution is -2.42. The molecule has 1 aromatic heterocycles. The van der Waals surface area contributed by atoms with Crippen molar-refractivity contribution in [1.82, 2.24) is 15.6 Å². The molecule has 1 aromatic rings. The first kappa shape index (κ1) is 10.6. The number of piperidine rings is 1. The van der Waals surface area contributed by atoms with Crippen molar-refractivity contribution in [3.8, 4) is 0 Å². The van der Waals surface area contributed by atoms with Crippen LogP contribution in [0.15, 0.2) is 18.3 Å². The maximum Gasteiger partial charge on any atom is 0.0375 e. The van der Waals surface area contributed by atoms with Crippen LogP contribution in [0.4, 0.5) is 0 Å². The van der Waals surface area contributed by atoms with Gasteiger partial charge in [-0.15, -0.1) is 0 Å². The molecule has 3 nitrogen and oxygen atoms in total. The predicted molar refractivity (Wildman–Crippen MR) is 61.7 cm³/mol. The number of nitrogens with zero attached hydrogens (tertiary/aromatic N) is 1. The highest BCUT2D eigenvalue weighted by Crippen LogP contribution is 2.04. The summed E-state index contributed by atoms with van der Waals surface area (Å²) in [4.78, 5) is 4.19. The smallest absolute Gasteiger partial charge is 0.0375 e. The second kappa shape index (κ2) is 5.24. The molecule has 1 saturated heterocycles. The summed E-state index contributed by atoms with van der Waals surface area (Å²) in [6, 6.07) is 4.85. The minimum absolute atomic E-state index is 0.632. The number of hydrogen-bond acceptors (Lipinski definition) is 3. The van der Waals surface area contributed by atoms with Crippen LogP contribution in [0.3, 0.4) is 0 Å². The Labute approximate surface area is 91.3 Å². The molecule has 1 aliphatic rings. The van der Waals surface area contributed by atoms with Crippen molar-refractivity contribution in [3.05, 3.63) is 29.6 Å². The largest absolute Gasteiger partial charge is 0.315 e. The van der Waals surface area contributed by atoms with Gasteiger partial charge in [-0.3, -0.25) is 4.98 Å². The van der Waals surface area contributed by atoms with Gasteiger partial charge >= 0.3 is 0 Å². The van der Waals surface area contributed by atoms with Gasteiger partial charge in [0, 0.05) is 31.0 Å². The van der Waals surface area contributed by atoms with Crippen molar-refractivity contribution in [1.29, 1.82) is 0 Å². The summed E-state index contributed by atoms with van der Waals surface area (Å²) in [6.45, 7) is 5.26. The second-order valence-electron chi connectivity index (χ2n) is 4.23. The topological polar surface area (TPSA) is 37.0 Å². The molecule has 0 radical (unpaired) electrons. The summed E-state index contributed by atoms with van der Waals surface area (Å²) in [5.41, 5.74) is 2.42. The molecule has 15 heavy (non-hydrogen) atoms. The average Bonchev–Trinajstić information content (AvgIpc) is 2.28. The van der Waals surface area contributed by atoms with Gasteiger partial charge in [0.25, 0.3) is 0 Å². The third kappa shape index (κ3) is 3.29. The van der Waals surface area contributed by atoms with Crippen LogP contribution < -0.4 is 10.6 Å². The fourth-order valence-electron chi connectivity index (χ4n) is 2.00. The molecule has 1 aliphatic heterocycles. The number of aromatic nitrogens is 1. The van der Waals surface area contributed by atoms with Crippen LogP contribution in [0.25, 0.3) is 0 Å². The van der Waals surface area contributed by atoms with Gasteiger partial charge in [-0.2, -0.15) is 0 Å². The average molecular weight is 205 g/mol. The lowest BCUT2D eigenvalue weighted by atomic mass is 10.1. The Balaban J connectivity index is 1.81. The number of hydrogen-bond donors (Lipinski definition) is 2. The van der Waals surface area contributed by atoms with Crippen LogP contribution in [0, 0.1) is 6.92 Å². The summed E-state index contributed by atoms with van der Waals surface area (Å²) in [6.07, 6.45) is 4.45. The number of rotatable bonds is 3. The fourth-order valence-corrected chi connectivity index (χ4v) is 2.00. The molecule has 3 heteroatoms. The van der Waals surface area contributed by atoms with Crippen LogP contribution in [-0.4, -0.2) is 24.1 Å². The van der Waals surface area contributed by atoms with Crippen LogP contribution in [0.1, 0.15) is 24.1 Å². The van der Waals surface area contributed by atoms with Gasteiger partial charge in [0.2, 0.25) is 0 Å². The molecule has 2 heterocycles. The molecule has 0 spiro atoms. The molecule has 1 atom stereocenters. The molecule has 0 amide bonds. The quantitative estimate of drug-likeness (QED) is 0.779. The van der Waals surface area contributed by atoms with E-state index in [1.165, 1.54) is 24.9 Å². The van der Waals surface area contributed by atoms with Gasteiger partial charge < -0.3 is 10.6 Å². The summed E-state index contributed by atoms with van der Waals surface area (Å²) in [5.74, 6) is 0. The van der Waals surface area contributed by atoms with Crippen molar-refractivity contribution < 1.29 is 0 Å². The van der Waals surface area contributed by atoms with Crippen LogP contribution in [0.2, 0.25) is 0 Å². The Morgan fingerprint density at radius 1 is 1.60 bits per heavy atom. The number of aryl methyl sites for hydroxylation is 1. The van der Waals surface area contributed by atoms with E-state index in [1.807, 2.05) is 13.1 Å². The van der Waals surface area contributed by atoms with E-state index < -0.39 is 0 Å². The van der Waals surface area contributed by atoms with E-state index in [-0.39, 0.29) is 0 Å². The van der Waals surface area contributed by atoms with Crippen molar-refractivity contribution >= 4 is 0 Å². The van der Waals surface area contributed by atoms with Gasteiger partial charge in [0.15, 0.2) is 0 Å². The summed E-state index contributed by atoms with van der Waals surface area (Å²) >= 11 is 0. The molecular formula is C12H19N3. The van der Waals surface area contributed by atoms with Crippen molar-refractivity contribution in [2.45, 2.75) is 32.4 Å². The maximum atomic E-state index is 4.19. The van der Waals surface area contributed by atoms with E-state index in [0.29, 0.717) is 6.04 Å².